The highest BCUT2D eigenvalue weighted by molar-refractivity contribution is 5.83. The number of nitrogens with one attached hydrogen (secondary N) is 2. The molecule has 24 heavy (non-hydrogen) atoms. The Hall–Kier alpha value is -1.82. The Labute approximate surface area is 143 Å². The summed E-state index contributed by atoms with van der Waals surface area (Å²) in [5, 5.41) is 2.98. The number of hydrogen-bond acceptors (Lipinski definition) is 3. The lowest BCUT2D eigenvalue weighted by Crippen LogP contribution is -2.59. The first-order valence-corrected chi connectivity index (χ1v) is 8.88. The standard InChI is InChI=1S/C18H28N4O2/c1-12(2)7-17-18(24)22-10-15(20-13(3)23)8-16(22)11-21(17)9-14-5-4-6-19-14/h4-6,12,15-17,19H,7-11H2,1-3H3,(H,20,23)/t15-,16-,17-/m0/s1. The molecule has 0 unspecified atom stereocenters. The van der Waals surface area contributed by atoms with E-state index in [9.17, 15) is 9.59 Å². The number of H-pyrrole nitrogens is 1. The molecule has 2 N–H and O–H groups in total. The van der Waals surface area contributed by atoms with Gasteiger partial charge >= 0.3 is 0 Å². The smallest absolute Gasteiger partial charge is 0.240 e. The largest absolute Gasteiger partial charge is 0.364 e. The fourth-order valence-electron chi connectivity index (χ4n) is 4.05. The number of amides is 2. The summed E-state index contributed by atoms with van der Waals surface area (Å²) in [6, 6.07) is 4.28. The van der Waals surface area contributed by atoms with Crippen molar-refractivity contribution < 1.29 is 9.59 Å². The predicted octanol–water partition coefficient (Wildman–Crippen LogP) is 1.35. The number of rotatable bonds is 5. The molecule has 2 aliphatic rings. The molecule has 1 aromatic rings. The van der Waals surface area contributed by atoms with Crippen LogP contribution in [0.15, 0.2) is 18.3 Å². The van der Waals surface area contributed by atoms with Gasteiger partial charge in [0.15, 0.2) is 0 Å². The van der Waals surface area contributed by atoms with Gasteiger partial charge in [0.05, 0.1) is 6.04 Å². The van der Waals surface area contributed by atoms with E-state index in [4.69, 9.17) is 0 Å². The van der Waals surface area contributed by atoms with Crippen molar-refractivity contribution in [3.05, 3.63) is 24.0 Å². The summed E-state index contributed by atoms with van der Waals surface area (Å²) in [5.74, 6) is 0.670. The molecule has 0 aliphatic carbocycles. The third kappa shape index (κ3) is 3.64. The minimum Gasteiger partial charge on any atom is -0.364 e. The van der Waals surface area contributed by atoms with Crippen LogP contribution in [0.2, 0.25) is 0 Å². The lowest BCUT2D eigenvalue weighted by Gasteiger charge is -2.43. The number of carbonyl (C=O) groups is 2. The van der Waals surface area contributed by atoms with E-state index in [1.54, 1.807) is 0 Å². The van der Waals surface area contributed by atoms with Crippen LogP contribution in [0.1, 0.15) is 39.3 Å². The molecular weight excluding hydrogens is 304 g/mol. The average molecular weight is 332 g/mol. The van der Waals surface area contributed by atoms with Crippen molar-refractivity contribution >= 4 is 11.8 Å². The second kappa shape index (κ2) is 6.97. The quantitative estimate of drug-likeness (QED) is 0.855. The van der Waals surface area contributed by atoms with Gasteiger partial charge in [0.1, 0.15) is 0 Å². The number of nitrogens with zero attached hydrogens (tertiary/aromatic N) is 2. The van der Waals surface area contributed by atoms with Gasteiger partial charge in [-0.2, -0.15) is 0 Å². The Balaban J connectivity index is 1.76. The van der Waals surface area contributed by atoms with Gasteiger partial charge in [-0.15, -0.1) is 0 Å². The van der Waals surface area contributed by atoms with E-state index in [-0.39, 0.29) is 29.9 Å². The zero-order valence-electron chi connectivity index (χ0n) is 14.8. The SMILES string of the molecule is CC(=O)N[C@H]1C[C@H]2CN(Cc3ccc[nH]3)[C@@H](CC(C)C)C(=O)N2C1. The topological polar surface area (TPSA) is 68.4 Å². The molecule has 2 fully saturated rings. The third-order valence-corrected chi connectivity index (χ3v) is 5.01. The molecule has 2 saturated heterocycles. The monoisotopic (exact) mass is 332 g/mol. The van der Waals surface area contributed by atoms with Crippen LogP contribution < -0.4 is 5.32 Å². The van der Waals surface area contributed by atoms with Gasteiger partial charge in [-0.1, -0.05) is 13.8 Å². The summed E-state index contributed by atoms with van der Waals surface area (Å²) >= 11 is 0. The van der Waals surface area contributed by atoms with Crippen LogP contribution in [0.5, 0.6) is 0 Å². The van der Waals surface area contributed by atoms with Crippen LogP contribution in [0.4, 0.5) is 0 Å². The zero-order valence-corrected chi connectivity index (χ0v) is 14.8. The molecule has 0 bridgehead atoms. The van der Waals surface area contributed by atoms with Crippen molar-refractivity contribution in [1.29, 1.82) is 0 Å². The Kier molecular flexibility index (Phi) is 4.94. The number of piperazine rings is 1. The first kappa shape index (κ1) is 17.0. The highest BCUT2D eigenvalue weighted by atomic mass is 16.2. The fraction of sp³-hybridized carbons (Fsp3) is 0.667. The van der Waals surface area contributed by atoms with Gasteiger partial charge in [0.25, 0.3) is 0 Å². The van der Waals surface area contributed by atoms with Crippen LogP contribution >= 0.6 is 0 Å². The van der Waals surface area contributed by atoms with Crippen molar-refractivity contribution in [1.82, 2.24) is 20.1 Å². The lowest BCUT2D eigenvalue weighted by molar-refractivity contribution is -0.145. The lowest BCUT2D eigenvalue weighted by atomic mass is 9.97. The highest BCUT2D eigenvalue weighted by Crippen LogP contribution is 2.29. The number of aromatic amines is 1. The minimum absolute atomic E-state index is 0.0192. The Morgan fingerprint density at radius 2 is 2.21 bits per heavy atom. The summed E-state index contributed by atoms with van der Waals surface area (Å²) in [4.78, 5) is 32.0. The van der Waals surface area contributed by atoms with E-state index >= 15 is 0 Å². The van der Waals surface area contributed by atoms with E-state index in [1.165, 1.54) is 6.92 Å². The molecule has 6 heteroatoms. The van der Waals surface area contributed by atoms with Crippen molar-refractivity contribution in [3.8, 4) is 0 Å². The zero-order chi connectivity index (χ0) is 17.3. The molecule has 2 aliphatic heterocycles. The number of hydrogen-bond donors (Lipinski definition) is 2. The fourth-order valence-corrected chi connectivity index (χ4v) is 4.05. The van der Waals surface area contributed by atoms with E-state index < -0.39 is 0 Å². The molecule has 0 spiro atoms. The van der Waals surface area contributed by atoms with E-state index in [0.717, 1.165) is 31.6 Å². The normalized spacial score (nSPS) is 27.6. The average Bonchev–Trinajstić information content (AvgIpc) is 3.12. The van der Waals surface area contributed by atoms with Crippen LogP contribution in [-0.2, 0) is 16.1 Å². The summed E-state index contributed by atoms with van der Waals surface area (Å²) in [6.45, 7) is 8.16. The summed E-state index contributed by atoms with van der Waals surface area (Å²) < 4.78 is 0. The van der Waals surface area contributed by atoms with Gasteiger partial charge in [-0.3, -0.25) is 14.5 Å². The van der Waals surface area contributed by atoms with Crippen molar-refractivity contribution in [2.75, 3.05) is 13.1 Å². The van der Waals surface area contributed by atoms with E-state index in [0.29, 0.717) is 12.5 Å². The molecule has 3 atom stereocenters. The molecule has 3 heterocycles. The van der Waals surface area contributed by atoms with Crippen LogP contribution in [0, 0.1) is 5.92 Å². The van der Waals surface area contributed by atoms with Gasteiger partial charge in [-0.25, -0.2) is 0 Å². The number of carbonyl (C=O) groups excluding carboxylic acids is 2. The van der Waals surface area contributed by atoms with Gasteiger partial charge in [0.2, 0.25) is 11.8 Å². The summed E-state index contributed by atoms with van der Waals surface area (Å²) in [5.41, 5.74) is 1.14. The van der Waals surface area contributed by atoms with Crippen molar-refractivity contribution in [2.45, 2.75) is 58.3 Å². The summed E-state index contributed by atoms with van der Waals surface area (Å²) in [7, 11) is 0. The predicted molar refractivity (Wildman–Crippen MR) is 92.2 cm³/mol. The van der Waals surface area contributed by atoms with Crippen molar-refractivity contribution in [3.63, 3.8) is 0 Å². The van der Waals surface area contributed by atoms with E-state index in [1.807, 2.05) is 17.2 Å². The summed E-state index contributed by atoms with van der Waals surface area (Å²) in [6.07, 6.45) is 3.64. The molecule has 0 aromatic carbocycles. The number of fused-ring (bicyclic) bond motifs is 1. The maximum Gasteiger partial charge on any atom is 0.240 e. The molecule has 1 aromatic heterocycles. The van der Waals surface area contributed by atoms with Gasteiger partial charge in [-0.05, 0) is 30.9 Å². The second-order valence-electron chi connectivity index (χ2n) is 7.55. The first-order valence-electron chi connectivity index (χ1n) is 8.88. The molecule has 0 radical (unpaired) electrons. The van der Waals surface area contributed by atoms with Crippen LogP contribution in [0.25, 0.3) is 0 Å². The third-order valence-electron chi connectivity index (χ3n) is 5.01. The van der Waals surface area contributed by atoms with Crippen LogP contribution in [-0.4, -0.2) is 57.8 Å². The highest BCUT2D eigenvalue weighted by Gasteiger charge is 2.45. The molecule has 6 nitrogen and oxygen atoms in total. The Morgan fingerprint density at radius 1 is 1.42 bits per heavy atom. The van der Waals surface area contributed by atoms with E-state index in [2.05, 4.69) is 35.1 Å². The molecule has 0 saturated carbocycles. The van der Waals surface area contributed by atoms with Gasteiger partial charge in [0, 0.05) is 50.5 Å². The minimum atomic E-state index is -0.0689. The maximum atomic E-state index is 13.1. The van der Waals surface area contributed by atoms with Crippen LogP contribution in [0.3, 0.4) is 0 Å². The Bertz CT molecular complexity index is 584. The van der Waals surface area contributed by atoms with Crippen molar-refractivity contribution in [2.24, 2.45) is 5.92 Å². The molecular formula is C18H28N4O2. The molecule has 3 rings (SSSR count). The Morgan fingerprint density at radius 3 is 2.83 bits per heavy atom. The maximum absolute atomic E-state index is 13.1. The molecule has 132 valence electrons. The number of aromatic nitrogens is 1. The second-order valence-corrected chi connectivity index (χ2v) is 7.55. The van der Waals surface area contributed by atoms with Gasteiger partial charge < -0.3 is 15.2 Å². The first-order chi connectivity index (χ1) is 11.4. The molecule has 2 amide bonds.